The number of hydrogen-bond donors (Lipinski definition) is 0. The van der Waals surface area contributed by atoms with Gasteiger partial charge in [-0.05, 0) is 23.3 Å². The minimum Gasteiger partial charge on any atom is -0.214 e. The molecular formula is C22H16F6O4S5. The number of thioether (sulfide) groups is 3. The lowest BCUT2D eigenvalue weighted by molar-refractivity contribution is -0.0444. The second kappa shape index (κ2) is 11.5. The molecule has 0 saturated heterocycles. The molecule has 15 heteroatoms. The van der Waals surface area contributed by atoms with Crippen molar-refractivity contribution in [2.75, 3.05) is 0 Å². The van der Waals surface area contributed by atoms with Crippen molar-refractivity contribution < 1.29 is 43.2 Å². The van der Waals surface area contributed by atoms with Crippen LogP contribution in [0.5, 0.6) is 0 Å². The van der Waals surface area contributed by atoms with Gasteiger partial charge in [0.25, 0.3) is 19.7 Å². The second-order valence-electron chi connectivity index (χ2n) is 7.22. The van der Waals surface area contributed by atoms with E-state index in [1.807, 2.05) is 0 Å². The van der Waals surface area contributed by atoms with Gasteiger partial charge in [-0.25, -0.2) is 16.8 Å². The Kier molecular flexibility index (Phi) is 9.26. The van der Waals surface area contributed by atoms with Crippen molar-refractivity contribution in [3.8, 4) is 0 Å². The number of sulfone groups is 2. The molecule has 200 valence electrons. The molecule has 0 aromatic heterocycles. The smallest absolute Gasteiger partial charge is 0.214 e. The molecule has 0 spiro atoms. The lowest BCUT2D eigenvalue weighted by atomic mass is 10.2. The molecule has 1 aliphatic rings. The number of allylic oxidation sites excluding steroid dienone is 3. The van der Waals surface area contributed by atoms with E-state index in [0.29, 0.717) is 0 Å². The SMILES string of the molecule is O=S(=O)(C(=C1C=C(SCc2ccccc2)SC(SCc2ccccc2)=C1)S(=O)(=O)C(F)(F)F)C(F)(F)F. The molecule has 3 rings (SSSR count). The lowest BCUT2D eigenvalue weighted by Crippen LogP contribution is -2.35. The van der Waals surface area contributed by atoms with Crippen LogP contribution >= 0.6 is 35.3 Å². The fraction of sp³-hybridized carbons (Fsp3) is 0.182. The fourth-order valence-corrected chi connectivity index (χ4v) is 9.35. The van der Waals surface area contributed by atoms with Crippen molar-refractivity contribution in [2.45, 2.75) is 22.5 Å². The average molecular weight is 619 g/mol. The molecule has 0 N–H and O–H groups in total. The molecule has 0 radical (unpaired) electrons. The van der Waals surface area contributed by atoms with Crippen LogP contribution in [0.25, 0.3) is 0 Å². The Balaban J connectivity index is 2.16. The Bertz CT molecular complexity index is 1320. The third-order valence-corrected chi connectivity index (χ3v) is 12.1. The van der Waals surface area contributed by atoms with E-state index in [-0.39, 0.29) is 20.0 Å². The topological polar surface area (TPSA) is 68.3 Å². The van der Waals surface area contributed by atoms with Crippen LogP contribution in [-0.2, 0) is 31.2 Å². The maximum absolute atomic E-state index is 13.4. The van der Waals surface area contributed by atoms with Gasteiger partial charge in [0.15, 0.2) is 4.24 Å². The number of hydrogen-bond acceptors (Lipinski definition) is 7. The summed E-state index contributed by atoms with van der Waals surface area (Å²) in [6.07, 6.45) is 1.46. The zero-order valence-electron chi connectivity index (χ0n) is 18.3. The first kappa shape index (κ1) is 29.7. The van der Waals surface area contributed by atoms with Gasteiger partial charge in [-0.15, -0.1) is 23.5 Å². The normalized spacial score (nSPS) is 15.2. The Morgan fingerprint density at radius 1 is 0.649 bits per heavy atom. The molecular weight excluding hydrogens is 603 g/mol. The highest BCUT2D eigenvalue weighted by atomic mass is 32.3. The number of rotatable bonds is 8. The summed E-state index contributed by atoms with van der Waals surface area (Å²) in [5, 5.41) is 0. The minimum atomic E-state index is -6.91. The van der Waals surface area contributed by atoms with Crippen LogP contribution in [0.3, 0.4) is 0 Å². The van der Waals surface area contributed by atoms with Crippen molar-refractivity contribution >= 4 is 55.0 Å². The van der Waals surface area contributed by atoms with Crippen LogP contribution in [0.1, 0.15) is 11.1 Å². The van der Waals surface area contributed by atoms with Crippen molar-refractivity contribution in [2.24, 2.45) is 0 Å². The Hall–Kier alpha value is -1.81. The summed E-state index contributed by atoms with van der Waals surface area (Å²) in [5.74, 6) is 0.494. The fourth-order valence-electron chi connectivity index (χ4n) is 2.84. The van der Waals surface area contributed by atoms with Crippen LogP contribution in [0.15, 0.2) is 91.1 Å². The van der Waals surface area contributed by atoms with Crippen molar-refractivity contribution in [3.05, 3.63) is 102 Å². The first-order valence-corrected chi connectivity index (χ1v) is 15.7. The Morgan fingerprint density at radius 3 is 1.32 bits per heavy atom. The Morgan fingerprint density at radius 2 is 1.00 bits per heavy atom. The molecule has 0 saturated carbocycles. The number of alkyl halides is 6. The highest BCUT2D eigenvalue weighted by Gasteiger charge is 2.60. The monoisotopic (exact) mass is 618 g/mol. The zero-order valence-corrected chi connectivity index (χ0v) is 22.4. The first-order valence-electron chi connectivity index (χ1n) is 9.94. The van der Waals surface area contributed by atoms with E-state index in [4.69, 9.17) is 0 Å². The molecule has 0 atom stereocenters. The summed E-state index contributed by atoms with van der Waals surface area (Å²) < 4.78 is 126. The van der Waals surface area contributed by atoms with Crippen LogP contribution < -0.4 is 0 Å². The van der Waals surface area contributed by atoms with E-state index < -0.39 is 40.5 Å². The highest BCUT2D eigenvalue weighted by molar-refractivity contribution is 8.31. The quantitative estimate of drug-likeness (QED) is 0.286. The maximum atomic E-state index is 13.4. The largest absolute Gasteiger partial charge is 0.502 e. The second-order valence-corrected chi connectivity index (χ2v) is 14.9. The van der Waals surface area contributed by atoms with Crippen LogP contribution in [-0.4, -0.2) is 27.9 Å². The van der Waals surface area contributed by atoms with Crippen molar-refractivity contribution in [1.82, 2.24) is 0 Å². The lowest BCUT2D eigenvalue weighted by Gasteiger charge is -2.20. The van der Waals surface area contributed by atoms with Crippen LogP contribution in [0.4, 0.5) is 26.3 Å². The van der Waals surface area contributed by atoms with Gasteiger partial charge >= 0.3 is 11.0 Å². The van der Waals surface area contributed by atoms with Gasteiger partial charge in [-0.3, -0.25) is 0 Å². The molecule has 0 aliphatic carbocycles. The van der Waals surface area contributed by atoms with Gasteiger partial charge in [-0.1, -0.05) is 72.4 Å². The molecule has 0 fully saturated rings. The highest BCUT2D eigenvalue weighted by Crippen LogP contribution is 2.49. The molecule has 37 heavy (non-hydrogen) atoms. The van der Waals surface area contributed by atoms with E-state index in [0.717, 1.165) is 58.6 Å². The Labute approximate surface area is 222 Å². The van der Waals surface area contributed by atoms with E-state index in [2.05, 4.69) is 0 Å². The summed E-state index contributed by atoms with van der Waals surface area (Å²) in [4.78, 5) is 0. The molecule has 2 aromatic rings. The summed E-state index contributed by atoms with van der Waals surface area (Å²) in [7, 11) is -13.8. The van der Waals surface area contributed by atoms with E-state index in [9.17, 15) is 43.2 Å². The van der Waals surface area contributed by atoms with Crippen molar-refractivity contribution in [3.63, 3.8) is 0 Å². The third kappa shape index (κ3) is 7.19. The zero-order chi connectivity index (χ0) is 27.5. The predicted octanol–water partition coefficient (Wildman–Crippen LogP) is 7.36. The van der Waals surface area contributed by atoms with E-state index >= 15 is 0 Å². The van der Waals surface area contributed by atoms with Gasteiger partial charge < -0.3 is 0 Å². The van der Waals surface area contributed by atoms with Gasteiger partial charge in [0, 0.05) is 25.6 Å². The van der Waals surface area contributed by atoms with Gasteiger partial charge in [0.2, 0.25) is 0 Å². The predicted molar refractivity (Wildman–Crippen MR) is 136 cm³/mol. The number of benzene rings is 2. The molecule has 0 amide bonds. The summed E-state index contributed by atoms with van der Waals surface area (Å²) in [5.41, 5.74) is -12.2. The number of halogens is 6. The van der Waals surface area contributed by atoms with E-state index in [1.54, 1.807) is 60.7 Å². The van der Waals surface area contributed by atoms with Crippen molar-refractivity contribution in [1.29, 1.82) is 0 Å². The molecule has 1 aliphatic heterocycles. The minimum absolute atomic E-state index is 0.129. The molecule has 1 heterocycles. The van der Waals surface area contributed by atoms with Crippen LogP contribution in [0, 0.1) is 0 Å². The summed E-state index contributed by atoms with van der Waals surface area (Å²) in [6, 6.07) is 17.4. The molecule has 4 nitrogen and oxygen atoms in total. The standard InChI is InChI=1S/C22H16F6O4S5/c23-21(24,25)36(29,30)20(37(31,32)22(26,27)28)17-11-18(33-13-15-7-3-1-4-8-15)35-19(12-17)34-14-16-9-5-2-6-10-16/h1-12H,13-14H2. The summed E-state index contributed by atoms with van der Waals surface area (Å²) >= 11 is 3.02. The molecule has 2 aromatic carbocycles. The molecule has 0 bridgehead atoms. The maximum Gasteiger partial charge on any atom is 0.502 e. The van der Waals surface area contributed by atoms with Crippen LogP contribution in [0.2, 0.25) is 0 Å². The van der Waals surface area contributed by atoms with Gasteiger partial charge in [-0.2, -0.15) is 26.3 Å². The van der Waals surface area contributed by atoms with E-state index in [1.165, 1.54) is 0 Å². The molecule has 0 unspecified atom stereocenters. The van der Waals surface area contributed by atoms with Gasteiger partial charge in [0.1, 0.15) is 0 Å². The summed E-state index contributed by atoms with van der Waals surface area (Å²) in [6.45, 7) is 0. The average Bonchev–Trinajstić information content (AvgIpc) is 2.81. The third-order valence-electron chi connectivity index (χ3n) is 4.53. The van der Waals surface area contributed by atoms with Gasteiger partial charge in [0.05, 0.1) is 0 Å². The first-order chi connectivity index (χ1) is 17.1.